The molecule has 0 amide bonds. The summed E-state index contributed by atoms with van der Waals surface area (Å²) in [6.07, 6.45) is 6.40. The smallest absolute Gasteiger partial charge is 0.0844 e. The Hall–Kier alpha value is -0.500. The standard InChI is InChI=1S/C8H9NS/c1-6-4-8-7(9-5-6)2-3-10-8/h2-5,7-8H,1H3. The van der Waals surface area contributed by atoms with Gasteiger partial charge >= 0.3 is 0 Å². The molecule has 2 heterocycles. The second kappa shape index (κ2) is 2.27. The molecule has 10 heavy (non-hydrogen) atoms. The van der Waals surface area contributed by atoms with Gasteiger partial charge in [-0.05, 0) is 17.9 Å². The molecule has 0 N–H and O–H groups in total. The Labute approximate surface area is 64.9 Å². The fraction of sp³-hybridized carbons (Fsp3) is 0.375. The number of aliphatic imine (C=N–C) groups is 1. The summed E-state index contributed by atoms with van der Waals surface area (Å²) < 4.78 is 0. The first-order chi connectivity index (χ1) is 4.86. The van der Waals surface area contributed by atoms with Gasteiger partial charge < -0.3 is 0 Å². The molecule has 0 bridgehead atoms. The number of rotatable bonds is 0. The lowest BCUT2D eigenvalue weighted by atomic mass is 10.1. The Morgan fingerprint density at radius 3 is 3.40 bits per heavy atom. The first kappa shape index (κ1) is 6.23. The second-order valence-corrected chi connectivity index (χ2v) is 3.70. The molecule has 2 rings (SSSR count). The summed E-state index contributed by atoms with van der Waals surface area (Å²) in [5.41, 5.74) is 1.29. The summed E-state index contributed by atoms with van der Waals surface area (Å²) >= 11 is 1.86. The Kier molecular flexibility index (Phi) is 1.42. The molecule has 0 radical (unpaired) electrons. The van der Waals surface area contributed by atoms with Gasteiger partial charge in [-0.25, -0.2) is 0 Å². The third kappa shape index (κ3) is 0.926. The minimum absolute atomic E-state index is 0.425. The first-order valence-electron chi connectivity index (χ1n) is 3.40. The van der Waals surface area contributed by atoms with Gasteiger partial charge in [0.2, 0.25) is 0 Å². The Morgan fingerprint density at radius 2 is 2.50 bits per heavy atom. The molecule has 2 aliphatic rings. The van der Waals surface area contributed by atoms with E-state index < -0.39 is 0 Å². The number of dihydropyridines is 1. The van der Waals surface area contributed by atoms with Crippen LogP contribution in [0.2, 0.25) is 0 Å². The summed E-state index contributed by atoms with van der Waals surface area (Å²) in [6, 6.07) is 0.425. The van der Waals surface area contributed by atoms with E-state index in [1.165, 1.54) is 5.57 Å². The van der Waals surface area contributed by atoms with Gasteiger partial charge in [0.1, 0.15) is 0 Å². The summed E-state index contributed by atoms with van der Waals surface area (Å²) in [5, 5.41) is 2.73. The Morgan fingerprint density at radius 1 is 1.60 bits per heavy atom. The zero-order valence-electron chi connectivity index (χ0n) is 5.82. The van der Waals surface area contributed by atoms with Crippen molar-refractivity contribution in [1.29, 1.82) is 0 Å². The van der Waals surface area contributed by atoms with E-state index in [1.54, 1.807) is 0 Å². The van der Waals surface area contributed by atoms with Crippen LogP contribution in [-0.2, 0) is 0 Å². The van der Waals surface area contributed by atoms with Crippen LogP contribution in [0.4, 0.5) is 0 Å². The molecule has 2 aliphatic heterocycles. The van der Waals surface area contributed by atoms with Gasteiger partial charge in [0.05, 0.1) is 11.3 Å². The van der Waals surface area contributed by atoms with Crippen LogP contribution in [0.5, 0.6) is 0 Å². The summed E-state index contributed by atoms with van der Waals surface area (Å²) in [5.74, 6) is 0. The zero-order valence-corrected chi connectivity index (χ0v) is 6.64. The van der Waals surface area contributed by atoms with Crippen molar-refractivity contribution in [3.05, 3.63) is 23.1 Å². The molecule has 0 aliphatic carbocycles. The SMILES string of the molecule is CC1=CC2SC=CC2N=C1. The minimum Gasteiger partial charge on any atom is -0.284 e. The highest BCUT2D eigenvalue weighted by Gasteiger charge is 2.22. The van der Waals surface area contributed by atoms with Crippen molar-refractivity contribution < 1.29 is 0 Å². The van der Waals surface area contributed by atoms with Gasteiger partial charge in [-0.15, -0.1) is 11.8 Å². The summed E-state index contributed by atoms with van der Waals surface area (Å²) in [6.45, 7) is 2.10. The van der Waals surface area contributed by atoms with E-state index in [4.69, 9.17) is 0 Å². The van der Waals surface area contributed by atoms with Gasteiger partial charge in [0.25, 0.3) is 0 Å². The van der Waals surface area contributed by atoms with E-state index in [2.05, 4.69) is 29.5 Å². The lowest BCUT2D eigenvalue weighted by molar-refractivity contribution is 0.855. The molecule has 0 spiro atoms. The van der Waals surface area contributed by atoms with Gasteiger partial charge in [-0.3, -0.25) is 4.99 Å². The van der Waals surface area contributed by atoms with Gasteiger partial charge in [-0.1, -0.05) is 12.2 Å². The van der Waals surface area contributed by atoms with E-state index in [0.717, 1.165) is 0 Å². The summed E-state index contributed by atoms with van der Waals surface area (Å²) in [7, 11) is 0. The topological polar surface area (TPSA) is 12.4 Å². The van der Waals surface area contributed by atoms with E-state index in [1.807, 2.05) is 18.0 Å². The predicted molar refractivity (Wildman–Crippen MR) is 46.6 cm³/mol. The van der Waals surface area contributed by atoms with Gasteiger partial charge in [-0.2, -0.15) is 0 Å². The zero-order chi connectivity index (χ0) is 6.97. The molecule has 0 aromatic carbocycles. The highest BCUT2D eigenvalue weighted by Crippen LogP contribution is 2.30. The van der Waals surface area contributed by atoms with Crippen LogP contribution in [0.25, 0.3) is 0 Å². The highest BCUT2D eigenvalue weighted by atomic mass is 32.2. The number of thioether (sulfide) groups is 1. The molecule has 52 valence electrons. The van der Waals surface area contributed by atoms with Crippen molar-refractivity contribution in [2.45, 2.75) is 18.2 Å². The Balaban J connectivity index is 2.25. The van der Waals surface area contributed by atoms with Crippen molar-refractivity contribution in [3.63, 3.8) is 0 Å². The average molecular weight is 151 g/mol. The minimum atomic E-state index is 0.425. The average Bonchev–Trinajstić information content (AvgIpc) is 2.33. The largest absolute Gasteiger partial charge is 0.284 e. The normalized spacial score (nSPS) is 35.9. The van der Waals surface area contributed by atoms with Crippen molar-refractivity contribution in [1.82, 2.24) is 0 Å². The van der Waals surface area contributed by atoms with Crippen LogP contribution >= 0.6 is 11.8 Å². The maximum Gasteiger partial charge on any atom is 0.0844 e. The molecular weight excluding hydrogens is 142 g/mol. The predicted octanol–water partition coefficient (Wildman–Crippen LogP) is 2.01. The van der Waals surface area contributed by atoms with Crippen LogP contribution in [0, 0.1) is 0 Å². The van der Waals surface area contributed by atoms with Crippen LogP contribution in [-0.4, -0.2) is 17.5 Å². The Bertz CT molecular complexity index is 227. The fourth-order valence-electron chi connectivity index (χ4n) is 1.18. The van der Waals surface area contributed by atoms with Crippen molar-refractivity contribution in [2.75, 3.05) is 0 Å². The maximum atomic E-state index is 4.37. The first-order valence-corrected chi connectivity index (χ1v) is 4.34. The lowest BCUT2D eigenvalue weighted by Gasteiger charge is -2.14. The van der Waals surface area contributed by atoms with Crippen molar-refractivity contribution in [2.24, 2.45) is 4.99 Å². The number of hydrogen-bond donors (Lipinski definition) is 0. The molecule has 0 saturated heterocycles. The molecule has 1 nitrogen and oxygen atoms in total. The van der Waals surface area contributed by atoms with Gasteiger partial charge in [0, 0.05) is 6.21 Å². The third-order valence-electron chi connectivity index (χ3n) is 1.73. The molecule has 0 fully saturated rings. The van der Waals surface area contributed by atoms with Crippen LogP contribution in [0.15, 0.2) is 28.1 Å². The van der Waals surface area contributed by atoms with Crippen molar-refractivity contribution in [3.8, 4) is 0 Å². The van der Waals surface area contributed by atoms with E-state index in [9.17, 15) is 0 Å². The number of hydrogen-bond acceptors (Lipinski definition) is 2. The molecule has 0 aromatic heterocycles. The molecule has 2 heteroatoms. The summed E-state index contributed by atoms with van der Waals surface area (Å²) in [4.78, 5) is 4.37. The molecule has 0 saturated carbocycles. The van der Waals surface area contributed by atoms with E-state index in [0.29, 0.717) is 11.3 Å². The van der Waals surface area contributed by atoms with E-state index >= 15 is 0 Å². The molecular formula is C8H9NS. The third-order valence-corrected chi connectivity index (χ3v) is 2.77. The monoisotopic (exact) mass is 151 g/mol. The maximum absolute atomic E-state index is 4.37. The highest BCUT2D eigenvalue weighted by molar-refractivity contribution is 8.03. The molecule has 0 aromatic rings. The van der Waals surface area contributed by atoms with Crippen LogP contribution in [0.3, 0.4) is 0 Å². The van der Waals surface area contributed by atoms with Gasteiger partial charge in [0.15, 0.2) is 0 Å². The molecule has 2 unspecified atom stereocenters. The second-order valence-electron chi connectivity index (χ2n) is 2.61. The number of nitrogens with zero attached hydrogens (tertiary/aromatic N) is 1. The number of fused-ring (bicyclic) bond motifs is 1. The quantitative estimate of drug-likeness (QED) is 0.516. The molecule has 2 atom stereocenters. The van der Waals surface area contributed by atoms with Crippen LogP contribution in [0.1, 0.15) is 6.92 Å². The van der Waals surface area contributed by atoms with Crippen LogP contribution < -0.4 is 0 Å². The lowest BCUT2D eigenvalue weighted by Crippen LogP contribution is -2.16. The van der Waals surface area contributed by atoms with E-state index in [-0.39, 0.29) is 0 Å². The fourth-order valence-corrected chi connectivity index (χ4v) is 2.23. The number of allylic oxidation sites excluding steroid dienone is 1. The van der Waals surface area contributed by atoms with Crippen molar-refractivity contribution >= 4 is 18.0 Å².